The number of ether oxygens (including phenoxy) is 1. The monoisotopic (exact) mass is 389 g/mol. The van der Waals surface area contributed by atoms with E-state index in [2.05, 4.69) is 16.5 Å². The van der Waals surface area contributed by atoms with Crippen LogP contribution in [0.5, 0.6) is 0 Å². The Kier molecular flexibility index (Phi) is 6.49. The second-order valence-electron chi connectivity index (χ2n) is 6.98. The summed E-state index contributed by atoms with van der Waals surface area (Å²) in [5.74, 6) is 0.223. The Labute approximate surface area is 161 Å². The number of morpholine rings is 1. The van der Waals surface area contributed by atoms with Crippen molar-refractivity contribution in [3.63, 3.8) is 0 Å². The summed E-state index contributed by atoms with van der Waals surface area (Å²) < 4.78 is 33.2. The normalized spacial score (nSPS) is 16.9. The van der Waals surface area contributed by atoms with E-state index in [1.807, 2.05) is 24.3 Å². The average molecular weight is 390 g/mol. The molecule has 3 rings (SSSR count). The van der Waals surface area contributed by atoms with Gasteiger partial charge >= 0.3 is 0 Å². The summed E-state index contributed by atoms with van der Waals surface area (Å²) in [6.07, 6.45) is 0. The van der Waals surface area contributed by atoms with Crippen molar-refractivity contribution in [1.82, 2.24) is 9.62 Å². The molecule has 1 saturated heterocycles. The Morgan fingerprint density at radius 1 is 1.11 bits per heavy atom. The molecule has 1 unspecified atom stereocenters. The van der Waals surface area contributed by atoms with Crippen molar-refractivity contribution in [3.8, 4) is 11.1 Å². The van der Waals surface area contributed by atoms with Gasteiger partial charge in [-0.2, -0.15) is 0 Å². The number of benzene rings is 2. The third-order valence-electron chi connectivity index (χ3n) is 4.73. The van der Waals surface area contributed by atoms with Crippen LogP contribution in [0.4, 0.5) is 5.69 Å². The molecular formula is C20H27N3O3S. The van der Waals surface area contributed by atoms with Crippen LogP contribution in [0, 0.1) is 5.92 Å². The molecule has 1 fully saturated rings. The first-order chi connectivity index (χ1) is 13.0. The zero-order valence-corrected chi connectivity index (χ0v) is 16.4. The minimum absolute atomic E-state index is 0.223. The molecule has 0 aromatic heterocycles. The fourth-order valence-electron chi connectivity index (χ4n) is 3.20. The van der Waals surface area contributed by atoms with E-state index in [4.69, 9.17) is 10.5 Å². The van der Waals surface area contributed by atoms with Gasteiger partial charge in [0.15, 0.2) is 0 Å². The number of anilines is 1. The summed E-state index contributed by atoms with van der Waals surface area (Å²) in [7, 11) is -3.53. The number of sulfonamides is 1. The molecule has 146 valence electrons. The van der Waals surface area contributed by atoms with Crippen molar-refractivity contribution in [1.29, 1.82) is 0 Å². The predicted octanol–water partition coefficient (Wildman–Crippen LogP) is 2.18. The number of nitrogens with two attached hydrogens (primary N) is 1. The van der Waals surface area contributed by atoms with Gasteiger partial charge in [0.25, 0.3) is 0 Å². The minimum atomic E-state index is -3.53. The summed E-state index contributed by atoms with van der Waals surface area (Å²) >= 11 is 0. The van der Waals surface area contributed by atoms with Gasteiger partial charge in [-0.15, -0.1) is 0 Å². The first-order valence-corrected chi connectivity index (χ1v) is 10.7. The first kappa shape index (κ1) is 19.8. The number of nitrogens with one attached hydrogen (secondary N) is 1. The lowest BCUT2D eigenvalue weighted by Crippen LogP contribution is -2.41. The molecule has 2 aromatic carbocycles. The van der Waals surface area contributed by atoms with Gasteiger partial charge in [0.1, 0.15) is 0 Å². The van der Waals surface area contributed by atoms with E-state index in [0.29, 0.717) is 12.2 Å². The lowest BCUT2D eigenvalue weighted by Gasteiger charge is -2.29. The predicted molar refractivity (Wildman–Crippen MR) is 108 cm³/mol. The molecule has 2 aromatic rings. The molecule has 3 N–H and O–H groups in total. The quantitative estimate of drug-likeness (QED) is 0.709. The standard InChI is InChI=1S/C20H27N3O3S/c1-16(15-23-10-12-26-13-11-23)14-22-27(24,25)18-8-6-17(7-9-18)19-4-2-3-5-20(19)21/h2-9,16,22H,10-15,21H2,1H3. The number of para-hydroxylation sites is 1. The number of nitrogen functional groups attached to an aromatic ring is 1. The molecule has 7 heteroatoms. The lowest BCUT2D eigenvalue weighted by atomic mass is 10.0. The maximum atomic E-state index is 12.6. The first-order valence-electron chi connectivity index (χ1n) is 9.20. The van der Waals surface area contributed by atoms with Crippen molar-refractivity contribution >= 4 is 15.7 Å². The van der Waals surface area contributed by atoms with Gasteiger partial charge in [0.2, 0.25) is 10.0 Å². The molecule has 0 spiro atoms. The van der Waals surface area contributed by atoms with E-state index >= 15 is 0 Å². The fourth-order valence-corrected chi connectivity index (χ4v) is 4.36. The molecule has 0 bridgehead atoms. The highest BCUT2D eigenvalue weighted by atomic mass is 32.2. The summed E-state index contributed by atoms with van der Waals surface area (Å²) in [6, 6.07) is 14.4. The van der Waals surface area contributed by atoms with Crippen molar-refractivity contribution in [2.75, 3.05) is 45.1 Å². The second kappa shape index (κ2) is 8.84. The molecule has 0 amide bonds. The van der Waals surface area contributed by atoms with E-state index in [9.17, 15) is 8.42 Å². The fraction of sp³-hybridized carbons (Fsp3) is 0.400. The number of hydrogen-bond donors (Lipinski definition) is 2. The topological polar surface area (TPSA) is 84.7 Å². The van der Waals surface area contributed by atoms with Crippen LogP contribution in [-0.2, 0) is 14.8 Å². The molecule has 0 aliphatic carbocycles. The Balaban J connectivity index is 1.60. The Hall–Kier alpha value is -1.93. The summed E-state index contributed by atoms with van der Waals surface area (Å²) in [6.45, 7) is 6.63. The van der Waals surface area contributed by atoms with Crippen LogP contribution in [-0.4, -0.2) is 52.7 Å². The highest BCUT2D eigenvalue weighted by Gasteiger charge is 2.18. The number of hydrogen-bond acceptors (Lipinski definition) is 5. The highest BCUT2D eigenvalue weighted by Crippen LogP contribution is 2.26. The molecule has 1 heterocycles. The van der Waals surface area contributed by atoms with E-state index in [1.54, 1.807) is 24.3 Å². The smallest absolute Gasteiger partial charge is 0.240 e. The zero-order chi connectivity index (χ0) is 19.3. The summed E-state index contributed by atoms with van der Waals surface area (Å²) in [5.41, 5.74) is 8.45. The molecular weight excluding hydrogens is 362 g/mol. The Morgan fingerprint density at radius 2 is 1.78 bits per heavy atom. The van der Waals surface area contributed by atoms with Gasteiger partial charge in [-0.05, 0) is 29.7 Å². The molecule has 0 saturated carbocycles. The number of nitrogens with zero attached hydrogens (tertiary/aromatic N) is 1. The van der Waals surface area contributed by atoms with E-state index < -0.39 is 10.0 Å². The van der Waals surface area contributed by atoms with Crippen LogP contribution in [0.15, 0.2) is 53.4 Å². The van der Waals surface area contributed by atoms with Gasteiger partial charge in [-0.3, -0.25) is 4.90 Å². The lowest BCUT2D eigenvalue weighted by molar-refractivity contribution is 0.0321. The van der Waals surface area contributed by atoms with Crippen molar-refractivity contribution in [2.24, 2.45) is 5.92 Å². The molecule has 1 aliphatic heterocycles. The van der Waals surface area contributed by atoms with Crippen molar-refractivity contribution in [3.05, 3.63) is 48.5 Å². The van der Waals surface area contributed by atoms with Crippen molar-refractivity contribution in [2.45, 2.75) is 11.8 Å². The van der Waals surface area contributed by atoms with Gasteiger partial charge in [0.05, 0.1) is 18.1 Å². The summed E-state index contributed by atoms with van der Waals surface area (Å²) in [4.78, 5) is 2.57. The third kappa shape index (κ3) is 5.29. The van der Waals surface area contributed by atoms with Gasteiger partial charge in [-0.1, -0.05) is 37.3 Å². The molecule has 0 radical (unpaired) electrons. The van der Waals surface area contributed by atoms with Gasteiger partial charge in [0, 0.05) is 37.4 Å². The Bertz CT molecular complexity index is 847. The Morgan fingerprint density at radius 3 is 2.44 bits per heavy atom. The third-order valence-corrected chi connectivity index (χ3v) is 6.17. The highest BCUT2D eigenvalue weighted by molar-refractivity contribution is 7.89. The second-order valence-corrected chi connectivity index (χ2v) is 8.75. The molecule has 1 aliphatic rings. The van der Waals surface area contributed by atoms with Gasteiger partial charge < -0.3 is 10.5 Å². The zero-order valence-electron chi connectivity index (χ0n) is 15.6. The van der Waals surface area contributed by atoms with E-state index in [1.165, 1.54) is 0 Å². The molecule has 1 atom stereocenters. The molecule has 6 nitrogen and oxygen atoms in total. The van der Waals surface area contributed by atoms with Gasteiger partial charge in [-0.25, -0.2) is 13.1 Å². The van der Waals surface area contributed by atoms with Crippen LogP contribution >= 0.6 is 0 Å². The van der Waals surface area contributed by atoms with Crippen LogP contribution in [0.25, 0.3) is 11.1 Å². The SMILES string of the molecule is CC(CNS(=O)(=O)c1ccc(-c2ccccc2N)cc1)CN1CCOCC1. The minimum Gasteiger partial charge on any atom is -0.398 e. The summed E-state index contributed by atoms with van der Waals surface area (Å²) in [5, 5.41) is 0. The average Bonchev–Trinajstić information content (AvgIpc) is 2.68. The van der Waals surface area contributed by atoms with Crippen LogP contribution in [0.1, 0.15) is 6.92 Å². The van der Waals surface area contributed by atoms with E-state index in [-0.39, 0.29) is 10.8 Å². The maximum absolute atomic E-state index is 12.6. The van der Waals surface area contributed by atoms with Crippen LogP contribution in [0.3, 0.4) is 0 Å². The molecule has 27 heavy (non-hydrogen) atoms. The number of rotatable bonds is 7. The van der Waals surface area contributed by atoms with Crippen LogP contribution in [0.2, 0.25) is 0 Å². The maximum Gasteiger partial charge on any atom is 0.240 e. The van der Waals surface area contributed by atoms with E-state index in [0.717, 1.165) is 44.0 Å². The largest absolute Gasteiger partial charge is 0.398 e. The van der Waals surface area contributed by atoms with Crippen LogP contribution < -0.4 is 10.5 Å². The van der Waals surface area contributed by atoms with Crippen molar-refractivity contribution < 1.29 is 13.2 Å².